The Kier molecular flexibility index (Phi) is 3.00. The van der Waals surface area contributed by atoms with Crippen LogP contribution in [0.3, 0.4) is 0 Å². The molecule has 0 spiro atoms. The Morgan fingerprint density at radius 1 is 1.18 bits per heavy atom. The molecule has 2 heteroatoms. The SMILES string of the molecule is Cc1ccc2cc(CNC(C)(C)C)oc2c1C. The Hall–Kier alpha value is -1.28. The van der Waals surface area contributed by atoms with Crippen molar-refractivity contribution in [3.05, 3.63) is 35.1 Å². The molecule has 17 heavy (non-hydrogen) atoms. The van der Waals surface area contributed by atoms with Gasteiger partial charge in [-0.2, -0.15) is 0 Å². The number of nitrogens with one attached hydrogen (secondary N) is 1. The van der Waals surface area contributed by atoms with Gasteiger partial charge in [0.15, 0.2) is 0 Å². The molecule has 2 aromatic rings. The largest absolute Gasteiger partial charge is 0.459 e. The Morgan fingerprint density at radius 3 is 2.53 bits per heavy atom. The average Bonchev–Trinajstić information content (AvgIpc) is 2.64. The molecule has 0 aliphatic carbocycles. The van der Waals surface area contributed by atoms with E-state index in [9.17, 15) is 0 Å². The molecule has 0 saturated carbocycles. The van der Waals surface area contributed by atoms with Crippen molar-refractivity contribution in [2.24, 2.45) is 0 Å². The Bertz CT molecular complexity index is 532. The Balaban J connectivity index is 2.29. The van der Waals surface area contributed by atoms with E-state index in [0.717, 1.165) is 17.9 Å². The summed E-state index contributed by atoms with van der Waals surface area (Å²) in [6.07, 6.45) is 0. The molecule has 1 aromatic carbocycles. The topological polar surface area (TPSA) is 25.2 Å². The van der Waals surface area contributed by atoms with Crippen molar-refractivity contribution in [1.82, 2.24) is 5.32 Å². The maximum Gasteiger partial charge on any atom is 0.137 e. The summed E-state index contributed by atoms with van der Waals surface area (Å²) in [5.74, 6) is 1.00. The summed E-state index contributed by atoms with van der Waals surface area (Å²) in [5.41, 5.74) is 3.66. The van der Waals surface area contributed by atoms with Gasteiger partial charge in [-0.3, -0.25) is 0 Å². The molecular formula is C15H21NO. The normalized spacial score (nSPS) is 12.3. The molecule has 0 aliphatic heterocycles. The Morgan fingerprint density at radius 2 is 1.88 bits per heavy atom. The molecule has 0 fully saturated rings. The number of rotatable bonds is 2. The third-order valence-electron chi connectivity index (χ3n) is 3.05. The molecule has 0 aliphatic rings. The van der Waals surface area contributed by atoms with Crippen LogP contribution in [0.5, 0.6) is 0 Å². The van der Waals surface area contributed by atoms with Gasteiger partial charge >= 0.3 is 0 Å². The zero-order chi connectivity index (χ0) is 12.6. The zero-order valence-corrected chi connectivity index (χ0v) is 11.3. The highest BCUT2D eigenvalue weighted by Gasteiger charge is 2.12. The highest BCUT2D eigenvalue weighted by atomic mass is 16.3. The van der Waals surface area contributed by atoms with Gasteiger partial charge in [-0.25, -0.2) is 0 Å². The van der Waals surface area contributed by atoms with E-state index in [0.29, 0.717) is 0 Å². The summed E-state index contributed by atoms with van der Waals surface area (Å²) < 4.78 is 5.91. The molecule has 2 rings (SSSR count). The fourth-order valence-electron chi connectivity index (χ4n) is 1.83. The first-order chi connectivity index (χ1) is 7.87. The molecule has 0 unspecified atom stereocenters. The lowest BCUT2D eigenvalue weighted by atomic mass is 10.1. The van der Waals surface area contributed by atoms with Gasteiger partial charge in [-0.1, -0.05) is 12.1 Å². The van der Waals surface area contributed by atoms with Crippen molar-refractivity contribution >= 4 is 11.0 Å². The van der Waals surface area contributed by atoms with Crippen molar-refractivity contribution in [3.8, 4) is 0 Å². The lowest BCUT2D eigenvalue weighted by Crippen LogP contribution is -2.34. The van der Waals surface area contributed by atoms with E-state index in [-0.39, 0.29) is 5.54 Å². The van der Waals surface area contributed by atoms with E-state index in [1.54, 1.807) is 0 Å². The number of hydrogen-bond acceptors (Lipinski definition) is 2. The quantitative estimate of drug-likeness (QED) is 0.847. The summed E-state index contributed by atoms with van der Waals surface area (Å²) in [4.78, 5) is 0. The van der Waals surface area contributed by atoms with Gasteiger partial charge in [0.2, 0.25) is 0 Å². The Labute approximate surface area is 103 Å². The van der Waals surface area contributed by atoms with Gasteiger partial charge in [-0.05, 0) is 51.8 Å². The molecule has 0 radical (unpaired) electrons. The fourth-order valence-corrected chi connectivity index (χ4v) is 1.83. The second-order valence-corrected chi connectivity index (χ2v) is 5.74. The van der Waals surface area contributed by atoms with Crippen LogP contribution in [0.2, 0.25) is 0 Å². The molecule has 0 bridgehead atoms. The van der Waals surface area contributed by atoms with Gasteiger partial charge in [0.05, 0.1) is 6.54 Å². The van der Waals surface area contributed by atoms with E-state index >= 15 is 0 Å². The first kappa shape index (κ1) is 12.2. The third-order valence-corrected chi connectivity index (χ3v) is 3.05. The molecule has 2 nitrogen and oxygen atoms in total. The number of furan rings is 1. The monoisotopic (exact) mass is 231 g/mol. The average molecular weight is 231 g/mol. The van der Waals surface area contributed by atoms with Crippen molar-refractivity contribution in [3.63, 3.8) is 0 Å². The lowest BCUT2D eigenvalue weighted by molar-refractivity contribution is 0.395. The zero-order valence-electron chi connectivity index (χ0n) is 11.3. The van der Waals surface area contributed by atoms with Crippen LogP contribution in [0.4, 0.5) is 0 Å². The third kappa shape index (κ3) is 2.70. The van der Waals surface area contributed by atoms with E-state index in [4.69, 9.17) is 4.42 Å². The van der Waals surface area contributed by atoms with Crippen molar-refractivity contribution in [2.75, 3.05) is 0 Å². The van der Waals surface area contributed by atoms with Crippen LogP contribution in [0, 0.1) is 13.8 Å². The van der Waals surface area contributed by atoms with Gasteiger partial charge in [0.25, 0.3) is 0 Å². The van der Waals surface area contributed by atoms with Gasteiger partial charge < -0.3 is 9.73 Å². The van der Waals surface area contributed by atoms with E-state index in [1.807, 2.05) is 0 Å². The fraction of sp³-hybridized carbons (Fsp3) is 0.467. The molecule has 92 valence electrons. The van der Waals surface area contributed by atoms with E-state index < -0.39 is 0 Å². The first-order valence-corrected chi connectivity index (χ1v) is 6.10. The maximum absolute atomic E-state index is 5.91. The smallest absolute Gasteiger partial charge is 0.137 e. The summed E-state index contributed by atoms with van der Waals surface area (Å²) in [6.45, 7) is 11.5. The van der Waals surface area contributed by atoms with Gasteiger partial charge in [-0.15, -0.1) is 0 Å². The summed E-state index contributed by atoms with van der Waals surface area (Å²) in [7, 11) is 0. The van der Waals surface area contributed by atoms with Crippen LogP contribution in [0.1, 0.15) is 37.7 Å². The van der Waals surface area contributed by atoms with Crippen molar-refractivity contribution in [2.45, 2.75) is 46.7 Å². The predicted molar refractivity (Wildman–Crippen MR) is 72.3 cm³/mol. The van der Waals surface area contributed by atoms with Gasteiger partial charge in [0, 0.05) is 10.9 Å². The summed E-state index contributed by atoms with van der Waals surface area (Å²) in [6, 6.07) is 6.40. The van der Waals surface area contributed by atoms with E-state index in [1.165, 1.54) is 16.5 Å². The molecule has 0 amide bonds. The highest BCUT2D eigenvalue weighted by Crippen LogP contribution is 2.25. The lowest BCUT2D eigenvalue weighted by Gasteiger charge is -2.19. The number of fused-ring (bicyclic) bond motifs is 1. The summed E-state index contributed by atoms with van der Waals surface area (Å²) in [5, 5.41) is 4.63. The van der Waals surface area contributed by atoms with Crippen LogP contribution < -0.4 is 5.32 Å². The van der Waals surface area contributed by atoms with Crippen LogP contribution in [0.15, 0.2) is 22.6 Å². The standard InChI is InChI=1S/C15H21NO/c1-10-6-7-12-8-13(9-16-15(3,4)5)17-14(12)11(10)2/h6-8,16H,9H2,1-5H3. The molecule has 1 aromatic heterocycles. The molecule has 0 saturated heterocycles. The summed E-state index contributed by atoms with van der Waals surface area (Å²) >= 11 is 0. The minimum absolute atomic E-state index is 0.115. The molecule has 1 N–H and O–H groups in total. The highest BCUT2D eigenvalue weighted by molar-refractivity contribution is 5.82. The molecule has 0 atom stereocenters. The van der Waals surface area contributed by atoms with Crippen LogP contribution in [-0.4, -0.2) is 5.54 Å². The van der Waals surface area contributed by atoms with Crippen LogP contribution in [0.25, 0.3) is 11.0 Å². The molecule has 1 heterocycles. The minimum atomic E-state index is 0.115. The minimum Gasteiger partial charge on any atom is -0.459 e. The van der Waals surface area contributed by atoms with E-state index in [2.05, 4.69) is 58.1 Å². The van der Waals surface area contributed by atoms with Crippen molar-refractivity contribution < 1.29 is 4.42 Å². The number of aryl methyl sites for hydroxylation is 2. The maximum atomic E-state index is 5.91. The van der Waals surface area contributed by atoms with Crippen LogP contribution >= 0.6 is 0 Å². The van der Waals surface area contributed by atoms with Crippen molar-refractivity contribution in [1.29, 1.82) is 0 Å². The second kappa shape index (κ2) is 4.19. The molecular weight excluding hydrogens is 210 g/mol. The number of hydrogen-bond donors (Lipinski definition) is 1. The van der Waals surface area contributed by atoms with Gasteiger partial charge in [0.1, 0.15) is 11.3 Å². The second-order valence-electron chi connectivity index (χ2n) is 5.74. The first-order valence-electron chi connectivity index (χ1n) is 6.10. The predicted octanol–water partition coefficient (Wildman–Crippen LogP) is 3.94. The van der Waals surface area contributed by atoms with Crippen LogP contribution in [-0.2, 0) is 6.54 Å². The number of benzene rings is 1.